The van der Waals surface area contributed by atoms with E-state index in [1.165, 1.54) is 28.8 Å². The van der Waals surface area contributed by atoms with Gasteiger partial charge in [-0.25, -0.2) is 0 Å². The Kier molecular flexibility index (Phi) is 6.93. The fraction of sp³-hybridized carbons (Fsp3) is 0.360. The van der Waals surface area contributed by atoms with Crippen molar-refractivity contribution in [1.82, 2.24) is 10.3 Å². The van der Waals surface area contributed by atoms with E-state index in [1.54, 1.807) is 13.0 Å². The maximum atomic E-state index is 13.7. The van der Waals surface area contributed by atoms with Gasteiger partial charge >= 0.3 is 6.18 Å². The average molecular weight is 490 g/mol. The third kappa shape index (κ3) is 5.09. The van der Waals surface area contributed by atoms with Gasteiger partial charge in [0, 0.05) is 27.5 Å². The number of fused-ring (bicyclic) bond motifs is 1. The molecule has 5 nitrogen and oxygen atoms in total. The zero-order valence-corrected chi connectivity index (χ0v) is 19.7. The second kappa shape index (κ2) is 9.74. The Morgan fingerprint density at radius 2 is 1.85 bits per heavy atom. The second-order valence-corrected chi connectivity index (χ2v) is 9.41. The molecule has 180 valence electrons. The molecule has 0 aliphatic heterocycles. The van der Waals surface area contributed by atoms with Gasteiger partial charge in [0.05, 0.1) is 5.56 Å². The summed E-state index contributed by atoms with van der Waals surface area (Å²) in [5.41, 5.74) is 0.0682. The molecule has 2 amide bonds. The molecule has 1 atom stereocenters. The maximum Gasteiger partial charge on any atom is 0.416 e. The summed E-state index contributed by atoms with van der Waals surface area (Å²) in [7, 11) is 0. The summed E-state index contributed by atoms with van der Waals surface area (Å²) in [6.45, 7) is 1.67. The maximum absolute atomic E-state index is 13.7. The van der Waals surface area contributed by atoms with Gasteiger partial charge in [0.1, 0.15) is 11.7 Å². The Bertz CT molecular complexity index is 1200. The first-order chi connectivity index (χ1) is 16.2. The Morgan fingerprint density at radius 1 is 1.12 bits per heavy atom. The lowest BCUT2D eigenvalue weighted by Crippen LogP contribution is -2.50. The number of nitrogens with zero attached hydrogens (tertiary/aromatic N) is 1. The average Bonchev–Trinajstić information content (AvgIpc) is 3.47. The lowest BCUT2D eigenvalue weighted by Gasteiger charge is -2.29. The number of rotatable bonds is 6. The van der Waals surface area contributed by atoms with Crippen LogP contribution < -0.4 is 10.2 Å². The van der Waals surface area contributed by atoms with Crippen LogP contribution in [-0.4, -0.2) is 35.1 Å². The van der Waals surface area contributed by atoms with Gasteiger partial charge in [0.25, 0.3) is 5.91 Å². The molecule has 1 saturated carbocycles. The van der Waals surface area contributed by atoms with Gasteiger partial charge in [-0.2, -0.15) is 13.2 Å². The molecule has 3 aromatic rings. The fourth-order valence-corrected chi connectivity index (χ4v) is 4.79. The molecule has 0 radical (unpaired) electrons. The van der Waals surface area contributed by atoms with Crippen LogP contribution in [0.5, 0.6) is 0 Å². The molecule has 0 bridgehead atoms. The fourth-order valence-electron chi connectivity index (χ4n) is 4.33. The van der Waals surface area contributed by atoms with Crippen LogP contribution in [0.15, 0.2) is 53.4 Å². The van der Waals surface area contributed by atoms with E-state index in [4.69, 9.17) is 0 Å². The van der Waals surface area contributed by atoms with Crippen molar-refractivity contribution in [3.63, 3.8) is 0 Å². The summed E-state index contributed by atoms with van der Waals surface area (Å²) in [6.07, 6.45) is 1.38. The van der Waals surface area contributed by atoms with Crippen molar-refractivity contribution in [3.05, 3.63) is 59.8 Å². The van der Waals surface area contributed by atoms with Crippen LogP contribution in [0, 0.1) is 0 Å². The van der Waals surface area contributed by atoms with E-state index in [2.05, 4.69) is 10.3 Å². The summed E-state index contributed by atoms with van der Waals surface area (Å²) in [5.74, 6) is -0.748. The number of hydrogen-bond donors (Lipinski definition) is 2. The third-order valence-electron chi connectivity index (χ3n) is 6.20. The molecule has 1 aromatic heterocycles. The van der Waals surface area contributed by atoms with E-state index >= 15 is 0 Å². The Labute approximate surface area is 200 Å². The van der Waals surface area contributed by atoms with Crippen LogP contribution in [0.3, 0.4) is 0 Å². The summed E-state index contributed by atoms with van der Waals surface area (Å²) >= 11 is 1.51. The van der Waals surface area contributed by atoms with E-state index in [-0.39, 0.29) is 23.2 Å². The topological polar surface area (TPSA) is 65.2 Å². The number of amides is 2. The molecule has 2 N–H and O–H groups in total. The smallest absolute Gasteiger partial charge is 0.352 e. The molecular weight excluding hydrogens is 463 g/mol. The van der Waals surface area contributed by atoms with Crippen molar-refractivity contribution >= 4 is 40.2 Å². The number of carbonyl (C=O) groups is 2. The normalized spacial score (nSPS) is 15.4. The highest BCUT2D eigenvalue weighted by atomic mass is 32.2. The number of hydrogen-bond acceptors (Lipinski definition) is 3. The number of thioether (sulfide) groups is 1. The van der Waals surface area contributed by atoms with Crippen molar-refractivity contribution < 1.29 is 22.8 Å². The van der Waals surface area contributed by atoms with Crippen LogP contribution in [0.4, 0.5) is 18.9 Å². The van der Waals surface area contributed by atoms with E-state index in [1.807, 2.05) is 24.5 Å². The van der Waals surface area contributed by atoms with Gasteiger partial charge in [-0.05, 0) is 62.4 Å². The number of anilines is 1. The molecule has 1 aliphatic carbocycles. The number of benzene rings is 2. The minimum absolute atomic E-state index is 0.0956. The van der Waals surface area contributed by atoms with E-state index in [0.29, 0.717) is 11.1 Å². The highest BCUT2D eigenvalue weighted by Crippen LogP contribution is 2.32. The number of carbonyl (C=O) groups excluding carboxylic acids is 2. The first-order valence-corrected chi connectivity index (χ1v) is 12.4. The number of H-pyrrole nitrogens is 1. The Balaban J connectivity index is 1.70. The number of halogens is 3. The van der Waals surface area contributed by atoms with Gasteiger partial charge < -0.3 is 10.3 Å². The van der Waals surface area contributed by atoms with E-state index < -0.39 is 23.7 Å². The number of aromatic nitrogens is 1. The van der Waals surface area contributed by atoms with Crippen molar-refractivity contribution in [2.24, 2.45) is 0 Å². The molecule has 2 aromatic carbocycles. The summed E-state index contributed by atoms with van der Waals surface area (Å²) < 4.78 is 39.4. The Hall–Kier alpha value is -2.94. The first kappa shape index (κ1) is 24.2. The first-order valence-electron chi connectivity index (χ1n) is 11.2. The molecule has 0 saturated heterocycles. The van der Waals surface area contributed by atoms with E-state index in [0.717, 1.165) is 42.7 Å². The SMILES string of the molecule is CSc1cccc(N(C(=O)c2cc3ccc(C(F)(F)F)cc3[nH]2)[C@H](C)C(=O)NC2CCCC2)c1. The van der Waals surface area contributed by atoms with Crippen LogP contribution in [0.2, 0.25) is 0 Å². The molecule has 0 spiro atoms. The van der Waals surface area contributed by atoms with Crippen LogP contribution in [-0.2, 0) is 11.0 Å². The zero-order chi connectivity index (χ0) is 24.5. The van der Waals surface area contributed by atoms with Gasteiger partial charge in [-0.3, -0.25) is 14.5 Å². The largest absolute Gasteiger partial charge is 0.416 e. The van der Waals surface area contributed by atoms with Crippen LogP contribution in [0.25, 0.3) is 10.9 Å². The predicted octanol–water partition coefficient (Wildman–Crippen LogP) is 6.00. The van der Waals surface area contributed by atoms with Crippen molar-refractivity contribution in [3.8, 4) is 0 Å². The quantitative estimate of drug-likeness (QED) is 0.417. The molecule has 34 heavy (non-hydrogen) atoms. The van der Waals surface area contributed by atoms with Gasteiger partial charge in [-0.15, -0.1) is 11.8 Å². The van der Waals surface area contributed by atoms with Gasteiger partial charge in [-0.1, -0.05) is 25.0 Å². The number of alkyl halides is 3. The molecule has 4 rings (SSSR count). The highest BCUT2D eigenvalue weighted by molar-refractivity contribution is 7.98. The molecule has 1 heterocycles. The van der Waals surface area contributed by atoms with Crippen molar-refractivity contribution in [2.75, 3.05) is 11.2 Å². The predicted molar refractivity (Wildman–Crippen MR) is 128 cm³/mol. The molecule has 1 fully saturated rings. The standard InChI is InChI=1S/C25H26F3N3O2S/c1-15(23(32)29-18-6-3-4-7-18)31(19-8-5-9-20(14-19)34-2)24(33)22-12-16-10-11-17(25(26,27)28)13-21(16)30-22/h5,8-15,18,30H,3-4,6-7H2,1-2H3,(H,29,32)/t15-/m1/s1. The second-order valence-electron chi connectivity index (χ2n) is 8.53. The van der Waals surface area contributed by atoms with Gasteiger partial charge in [0.15, 0.2) is 0 Å². The minimum atomic E-state index is -4.49. The van der Waals surface area contributed by atoms with Gasteiger partial charge in [0.2, 0.25) is 5.91 Å². The molecule has 9 heteroatoms. The van der Waals surface area contributed by atoms with E-state index in [9.17, 15) is 22.8 Å². The lowest BCUT2D eigenvalue weighted by molar-refractivity contribution is -0.137. The Morgan fingerprint density at radius 3 is 2.53 bits per heavy atom. The van der Waals surface area contributed by atoms with Crippen LogP contribution in [0.1, 0.15) is 48.7 Å². The summed E-state index contributed by atoms with van der Waals surface area (Å²) in [4.78, 5) is 31.9. The zero-order valence-electron chi connectivity index (χ0n) is 18.9. The monoisotopic (exact) mass is 489 g/mol. The van der Waals surface area contributed by atoms with Crippen molar-refractivity contribution in [2.45, 2.75) is 55.8 Å². The molecular formula is C25H26F3N3O2S. The number of aromatic amines is 1. The number of nitrogens with one attached hydrogen (secondary N) is 2. The summed E-state index contributed by atoms with van der Waals surface area (Å²) in [5, 5.41) is 3.52. The van der Waals surface area contributed by atoms with Crippen molar-refractivity contribution in [1.29, 1.82) is 0 Å². The minimum Gasteiger partial charge on any atom is -0.352 e. The molecule has 0 unspecified atom stereocenters. The highest BCUT2D eigenvalue weighted by Gasteiger charge is 2.33. The molecule has 1 aliphatic rings. The lowest BCUT2D eigenvalue weighted by atomic mass is 10.1. The summed E-state index contributed by atoms with van der Waals surface area (Å²) in [6, 6.07) is 11.4. The van der Waals surface area contributed by atoms with Crippen LogP contribution >= 0.6 is 11.8 Å². The third-order valence-corrected chi connectivity index (χ3v) is 6.92.